The number of hydrogen-bond donors (Lipinski definition) is 3. The Morgan fingerprint density at radius 2 is 2.47 bits per heavy atom. The molecular weight excluding hydrogens is 224 g/mol. The van der Waals surface area contributed by atoms with Crippen LogP contribution in [0.25, 0.3) is 0 Å². The van der Waals surface area contributed by atoms with Gasteiger partial charge >= 0.3 is 6.03 Å². The summed E-state index contributed by atoms with van der Waals surface area (Å²) >= 11 is 0. The molecule has 0 saturated carbocycles. The van der Waals surface area contributed by atoms with Crippen molar-refractivity contribution >= 4 is 17.8 Å². The molecule has 17 heavy (non-hydrogen) atoms. The van der Waals surface area contributed by atoms with Gasteiger partial charge in [0.05, 0.1) is 0 Å². The van der Waals surface area contributed by atoms with Crippen molar-refractivity contribution in [3.05, 3.63) is 11.8 Å². The van der Waals surface area contributed by atoms with E-state index in [0.29, 0.717) is 24.5 Å². The van der Waals surface area contributed by atoms with Crippen molar-refractivity contribution in [2.24, 2.45) is 0 Å². The minimum atomic E-state index is -0.475. The lowest BCUT2D eigenvalue weighted by Gasteiger charge is -2.22. The summed E-state index contributed by atoms with van der Waals surface area (Å²) in [5.74, 6) is 0.787. The van der Waals surface area contributed by atoms with E-state index in [1.165, 1.54) is 0 Å². The highest BCUT2D eigenvalue weighted by Crippen LogP contribution is 2.07. The van der Waals surface area contributed by atoms with Crippen LogP contribution in [0.3, 0.4) is 0 Å². The molecule has 0 aliphatic carbocycles. The van der Waals surface area contributed by atoms with E-state index in [1.807, 2.05) is 0 Å². The van der Waals surface area contributed by atoms with Crippen LogP contribution in [0.2, 0.25) is 0 Å². The first-order valence-corrected chi connectivity index (χ1v) is 5.44. The van der Waals surface area contributed by atoms with Crippen LogP contribution < -0.4 is 16.0 Å². The maximum absolute atomic E-state index is 11.6. The SMILES string of the molecule is Cc1cc(NC(=O)NC2CCCNC2=O)no1. The maximum Gasteiger partial charge on any atom is 0.321 e. The highest BCUT2D eigenvalue weighted by molar-refractivity contribution is 5.93. The molecule has 1 aliphatic heterocycles. The van der Waals surface area contributed by atoms with E-state index < -0.39 is 12.1 Å². The van der Waals surface area contributed by atoms with Crippen LogP contribution in [-0.2, 0) is 4.79 Å². The van der Waals surface area contributed by atoms with Crippen LogP contribution in [0.5, 0.6) is 0 Å². The third-order valence-corrected chi connectivity index (χ3v) is 2.46. The molecule has 7 heteroatoms. The van der Waals surface area contributed by atoms with Gasteiger partial charge in [-0.2, -0.15) is 0 Å². The van der Waals surface area contributed by atoms with Gasteiger partial charge < -0.3 is 15.2 Å². The molecule has 1 aromatic rings. The molecule has 0 aromatic carbocycles. The number of urea groups is 1. The van der Waals surface area contributed by atoms with Crippen LogP contribution >= 0.6 is 0 Å². The van der Waals surface area contributed by atoms with Crippen molar-refractivity contribution in [2.75, 3.05) is 11.9 Å². The summed E-state index contributed by atoms with van der Waals surface area (Å²) in [7, 11) is 0. The first-order valence-electron chi connectivity index (χ1n) is 5.44. The molecule has 2 rings (SSSR count). The van der Waals surface area contributed by atoms with Crippen molar-refractivity contribution in [1.29, 1.82) is 0 Å². The van der Waals surface area contributed by atoms with Gasteiger partial charge in [0.2, 0.25) is 5.91 Å². The molecule has 1 saturated heterocycles. The Balaban J connectivity index is 1.86. The Morgan fingerprint density at radius 1 is 1.65 bits per heavy atom. The molecule has 92 valence electrons. The van der Waals surface area contributed by atoms with Crippen LogP contribution in [0, 0.1) is 6.92 Å². The number of carbonyl (C=O) groups is 2. The number of aromatic nitrogens is 1. The quantitative estimate of drug-likeness (QED) is 0.694. The minimum absolute atomic E-state index is 0.150. The summed E-state index contributed by atoms with van der Waals surface area (Å²) in [6.45, 7) is 2.39. The van der Waals surface area contributed by atoms with Crippen LogP contribution in [0.1, 0.15) is 18.6 Å². The van der Waals surface area contributed by atoms with E-state index in [1.54, 1.807) is 13.0 Å². The lowest BCUT2D eigenvalue weighted by atomic mass is 10.1. The zero-order chi connectivity index (χ0) is 12.3. The fraction of sp³-hybridized carbons (Fsp3) is 0.500. The van der Waals surface area contributed by atoms with Crippen molar-refractivity contribution in [1.82, 2.24) is 15.8 Å². The van der Waals surface area contributed by atoms with E-state index in [2.05, 4.69) is 21.1 Å². The summed E-state index contributed by atoms with van der Waals surface area (Å²) in [4.78, 5) is 23.0. The average Bonchev–Trinajstić information content (AvgIpc) is 2.67. The molecule has 1 aromatic heterocycles. The van der Waals surface area contributed by atoms with Crippen LogP contribution in [0.15, 0.2) is 10.6 Å². The fourth-order valence-electron chi connectivity index (χ4n) is 1.65. The first kappa shape index (κ1) is 11.4. The zero-order valence-corrected chi connectivity index (χ0v) is 9.45. The van der Waals surface area contributed by atoms with E-state index in [9.17, 15) is 9.59 Å². The van der Waals surface area contributed by atoms with Gasteiger partial charge in [-0.15, -0.1) is 0 Å². The summed E-state index contributed by atoms with van der Waals surface area (Å²) in [6, 6.07) is 0.664. The minimum Gasteiger partial charge on any atom is -0.360 e. The molecule has 1 unspecified atom stereocenters. The van der Waals surface area contributed by atoms with Crippen molar-refractivity contribution in [2.45, 2.75) is 25.8 Å². The molecule has 0 spiro atoms. The number of piperidine rings is 1. The van der Waals surface area contributed by atoms with Crippen LogP contribution in [0.4, 0.5) is 10.6 Å². The second-order valence-corrected chi connectivity index (χ2v) is 3.91. The van der Waals surface area contributed by atoms with Crippen molar-refractivity contribution < 1.29 is 14.1 Å². The number of carbonyl (C=O) groups excluding carboxylic acids is 2. The number of nitrogens with zero attached hydrogens (tertiary/aromatic N) is 1. The number of aryl methyl sites for hydroxylation is 1. The first-order chi connectivity index (χ1) is 8.15. The Hall–Kier alpha value is -2.05. The normalized spacial score (nSPS) is 19.6. The molecule has 0 bridgehead atoms. The Kier molecular flexibility index (Phi) is 3.27. The molecule has 1 fully saturated rings. The lowest BCUT2D eigenvalue weighted by molar-refractivity contribution is -0.124. The molecule has 2 heterocycles. The van der Waals surface area contributed by atoms with Crippen LogP contribution in [-0.4, -0.2) is 29.7 Å². The van der Waals surface area contributed by atoms with Crippen molar-refractivity contribution in [3.63, 3.8) is 0 Å². The zero-order valence-electron chi connectivity index (χ0n) is 9.45. The van der Waals surface area contributed by atoms with Gasteiger partial charge in [0.1, 0.15) is 11.8 Å². The van der Waals surface area contributed by atoms with Gasteiger partial charge in [0.25, 0.3) is 0 Å². The number of amides is 3. The Labute approximate surface area is 97.9 Å². The van der Waals surface area contributed by atoms with Gasteiger partial charge in [-0.3, -0.25) is 10.1 Å². The summed E-state index contributed by atoms with van der Waals surface area (Å²) in [5.41, 5.74) is 0. The van der Waals surface area contributed by atoms with Gasteiger partial charge in [0.15, 0.2) is 5.82 Å². The highest BCUT2D eigenvalue weighted by atomic mass is 16.5. The maximum atomic E-state index is 11.6. The topological polar surface area (TPSA) is 96.3 Å². The summed E-state index contributed by atoms with van der Waals surface area (Å²) < 4.78 is 4.80. The van der Waals surface area contributed by atoms with Gasteiger partial charge in [0, 0.05) is 12.6 Å². The van der Waals surface area contributed by atoms with Gasteiger partial charge in [-0.05, 0) is 19.8 Å². The second-order valence-electron chi connectivity index (χ2n) is 3.91. The molecule has 1 atom stereocenters. The smallest absolute Gasteiger partial charge is 0.321 e. The fourth-order valence-corrected chi connectivity index (χ4v) is 1.65. The molecule has 1 aliphatic rings. The van der Waals surface area contributed by atoms with Crippen molar-refractivity contribution in [3.8, 4) is 0 Å². The number of hydrogen-bond acceptors (Lipinski definition) is 4. The second kappa shape index (κ2) is 4.86. The van der Waals surface area contributed by atoms with Gasteiger partial charge in [-0.25, -0.2) is 4.79 Å². The lowest BCUT2D eigenvalue weighted by Crippen LogP contribution is -2.51. The molecule has 3 N–H and O–H groups in total. The predicted molar refractivity (Wildman–Crippen MR) is 59.4 cm³/mol. The van der Waals surface area contributed by atoms with E-state index in [4.69, 9.17) is 4.52 Å². The summed E-state index contributed by atoms with van der Waals surface area (Å²) in [5, 5.41) is 11.4. The molecular formula is C10H14N4O3. The molecule has 7 nitrogen and oxygen atoms in total. The molecule has 3 amide bonds. The highest BCUT2D eigenvalue weighted by Gasteiger charge is 2.23. The Morgan fingerprint density at radius 3 is 3.12 bits per heavy atom. The standard InChI is InChI=1S/C10H14N4O3/c1-6-5-8(14-17-6)13-10(16)12-7-3-2-4-11-9(7)15/h5,7H,2-4H2,1H3,(H,11,15)(H2,12,13,14,16). The van der Waals surface area contributed by atoms with Gasteiger partial charge in [-0.1, -0.05) is 5.16 Å². The number of rotatable bonds is 2. The largest absolute Gasteiger partial charge is 0.360 e. The Bertz CT molecular complexity index is 429. The summed E-state index contributed by atoms with van der Waals surface area (Å²) in [6.07, 6.45) is 1.51. The predicted octanol–water partition coefficient (Wildman–Crippen LogP) is 0.383. The number of nitrogens with one attached hydrogen (secondary N) is 3. The molecule has 0 radical (unpaired) electrons. The third-order valence-electron chi connectivity index (χ3n) is 2.46. The average molecular weight is 238 g/mol. The van der Waals surface area contributed by atoms with E-state index in [-0.39, 0.29) is 5.91 Å². The van der Waals surface area contributed by atoms with E-state index >= 15 is 0 Å². The third kappa shape index (κ3) is 2.96. The monoisotopic (exact) mass is 238 g/mol. The van der Waals surface area contributed by atoms with E-state index in [0.717, 1.165) is 6.42 Å². The number of anilines is 1.